The molecule has 3 heterocycles. The number of rotatable bonds is 6. The largest absolute Gasteiger partial charge is 0.493 e. The Morgan fingerprint density at radius 1 is 0.576 bits per heavy atom. The highest BCUT2D eigenvalue weighted by Crippen LogP contribution is 2.51. The van der Waals surface area contributed by atoms with Crippen molar-refractivity contribution < 1.29 is 32.5 Å². The van der Waals surface area contributed by atoms with Crippen LogP contribution in [0, 0.1) is 0 Å². The van der Waals surface area contributed by atoms with Crippen molar-refractivity contribution in [3.05, 3.63) is 47.9 Å². The molecule has 0 amide bonds. The van der Waals surface area contributed by atoms with Crippen molar-refractivity contribution in [2.45, 2.75) is 37.9 Å². The quantitative estimate of drug-likeness (QED) is 0.347. The van der Waals surface area contributed by atoms with Crippen LogP contribution in [0.4, 0.5) is 0 Å². The predicted octanol–water partition coefficient (Wildman–Crippen LogP) is 6.15. The number of fused-ring (bicyclic) bond motifs is 2. The Labute approximate surface area is 192 Å². The third-order valence-electron chi connectivity index (χ3n) is 6.62. The van der Waals surface area contributed by atoms with Crippen LogP contribution in [0.1, 0.15) is 38.2 Å². The summed E-state index contributed by atoms with van der Waals surface area (Å²) in [6.45, 7) is 4.11. The van der Waals surface area contributed by atoms with E-state index in [1.54, 1.807) is 28.4 Å². The molecule has 1 aliphatic rings. The number of methoxy groups -OCH3 is 4. The fourth-order valence-electron chi connectivity index (χ4n) is 4.68. The lowest BCUT2D eigenvalue weighted by Gasteiger charge is -2.27. The van der Waals surface area contributed by atoms with Crippen molar-refractivity contribution >= 4 is 21.9 Å². The summed E-state index contributed by atoms with van der Waals surface area (Å²) in [5.41, 5.74) is 0.235. The van der Waals surface area contributed by atoms with E-state index in [0.29, 0.717) is 23.0 Å². The van der Waals surface area contributed by atoms with Crippen LogP contribution < -0.4 is 18.9 Å². The summed E-state index contributed by atoms with van der Waals surface area (Å²) in [6.07, 6.45) is 1.56. The van der Waals surface area contributed by atoms with E-state index in [9.17, 15) is 0 Å². The molecule has 1 saturated heterocycles. The van der Waals surface area contributed by atoms with Crippen molar-refractivity contribution in [2.24, 2.45) is 0 Å². The number of ether oxygens (including phenoxy) is 5. The van der Waals surface area contributed by atoms with Crippen LogP contribution in [0.25, 0.3) is 21.9 Å². The van der Waals surface area contributed by atoms with Gasteiger partial charge in [0.05, 0.1) is 28.4 Å². The number of furan rings is 2. The maximum Gasteiger partial charge on any atom is 0.164 e. The summed E-state index contributed by atoms with van der Waals surface area (Å²) in [4.78, 5) is 0. The van der Waals surface area contributed by atoms with Crippen molar-refractivity contribution in [3.8, 4) is 23.0 Å². The van der Waals surface area contributed by atoms with E-state index in [2.05, 4.69) is 13.8 Å². The highest BCUT2D eigenvalue weighted by molar-refractivity contribution is 5.83. The van der Waals surface area contributed by atoms with Gasteiger partial charge in [-0.1, -0.05) is 0 Å². The zero-order valence-electron chi connectivity index (χ0n) is 19.7. The van der Waals surface area contributed by atoms with Crippen molar-refractivity contribution in [2.75, 3.05) is 28.4 Å². The molecular weight excluding hydrogens is 424 g/mol. The molecule has 174 valence electrons. The topological polar surface area (TPSA) is 72.4 Å². The van der Waals surface area contributed by atoms with Crippen LogP contribution in [-0.2, 0) is 15.9 Å². The SMILES string of the molecule is COc1cc2cc([C@@]3(C)CC[C@](C)(c4cc5cc(OC)c(OC)cc5o4)O3)oc2cc1OC. The average Bonchev–Trinajstić information content (AvgIpc) is 3.52. The number of hydrogen-bond acceptors (Lipinski definition) is 7. The van der Waals surface area contributed by atoms with E-state index < -0.39 is 11.2 Å². The van der Waals surface area contributed by atoms with E-state index in [1.165, 1.54) is 0 Å². The Morgan fingerprint density at radius 3 is 1.30 bits per heavy atom. The average molecular weight is 453 g/mol. The predicted molar refractivity (Wildman–Crippen MR) is 124 cm³/mol. The summed E-state index contributed by atoms with van der Waals surface area (Å²) < 4.78 is 40.8. The molecule has 0 aliphatic carbocycles. The van der Waals surface area contributed by atoms with E-state index in [1.807, 2.05) is 36.4 Å². The van der Waals surface area contributed by atoms with Gasteiger partial charge in [0.25, 0.3) is 0 Å². The minimum atomic E-state index is -0.609. The van der Waals surface area contributed by atoms with Crippen LogP contribution in [-0.4, -0.2) is 28.4 Å². The molecule has 7 nitrogen and oxygen atoms in total. The second-order valence-corrected chi connectivity index (χ2v) is 8.78. The molecule has 2 atom stereocenters. The normalized spacial score (nSPS) is 22.7. The van der Waals surface area contributed by atoms with Gasteiger partial charge in [0, 0.05) is 22.9 Å². The fraction of sp³-hybridized carbons (Fsp3) is 0.385. The molecule has 4 aromatic rings. The van der Waals surface area contributed by atoms with E-state index in [-0.39, 0.29) is 0 Å². The molecule has 0 bridgehead atoms. The molecular formula is C26H28O7. The third-order valence-corrected chi connectivity index (χ3v) is 6.62. The Balaban J connectivity index is 1.50. The molecule has 5 rings (SSSR count). The second-order valence-electron chi connectivity index (χ2n) is 8.78. The van der Waals surface area contributed by atoms with Gasteiger partial charge in [-0.05, 0) is 51.0 Å². The van der Waals surface area contributed by atoms with Crippen molar-refractivity contribution in [3.63, 3.8) is 0 Å². The lowest BCUT2D eigenvalue weighted by Crippen LogP contribution is -2.27. The van der Waals surface area contributed by atoms with Gasteiger partial charge >= 0.3 is 0 Å². The van der Waals surface area contributed by atoms with Gasteiger partial charge in [0.1, 0.15) is 33.9 Å². The molecule has 0 radical (unpaired) electrons. The van der Waals surface area contributed by atoms with Gasteiger partial charge in [0.15, 0.2) is 23.0 Å². The van der Waals surface area contributed by atoms with E-state index in [0.717, 1.165) is 46.3 Å². The lowest BCUT2D eigenvalue weighted by atomic mass is 9.94. The second kappa shape index (κ2) is 7.63. The lowest BCUT2D eigenvalue weighted by molar-refractivity contribution is -0.111. The monoisotopic (exact) mass is 452 g/mol. The van der Waals surface area contributed by atoms with Crippen LogP contribution >= 0.6 is 0 Å². The first-order chi connectivity index (χ1) is 15.8. The molecule has 1 aliphatic heterocycles. The summed E-state index contributed by atoms with van der Waals surface area (Å²) in [5.74, 6) is 4.09. The molecule has 2 aromatic carbocycles. The Morgan fingerprint density at radius 2 is 0.939 bits per heavy atom. The van der Waals surface area contributed by atoms with Gasteiger partial charge in [-0.25, -0.2) is 0 Å². The Bertz CT molecular complexity index is 1150. The van der Waals surface area contributed by atoms with Gasteiger partial charge in [0.2, 0.25) is 0 Å². The van der Waals surface area contributed by atoms with Gasteiger partial charge < -0.3 is 32.5 Å². The molecule has 33 heavy (non-hydrogen) atoms. The van der Waals surface area contributed by atoms with Crippen molar-refractivity contribution in [1.82, 2.24) is 0 Å². The first-order valence-electron chi connectivity index (χ1n) is 10.8. The van der Waals surface area contributed by atoms with Gasteiger partial charge in [-0.15, -0.1) is 0 Å². The molecule has 2 aromatic heterocycles. The smallest absolute Gasteiger partial charge is 0.164 e. The third kappa shape index (κ3) is 3.38. The maximum atomic E-state index is 6.68. The molecule has 0 saturated carbocycles. The molecule has 1 fully saturated rings. The Kier molecular flexibility index (Phi) is 4.97. The van der Waals surface area contributed by atoms with Crippen LogP contribution in [0.3, 0.4) is 0 Å². The zero-order chi connectivity index (χ0) is 23.4. The summed E-state index contributed by atoms with van der Waals surface area (Å²) in [7, 11) is 6.46. The first kappa shape index (κ1) is 21.5. The fourth-order valence-corrected chi connectivity index (χ4v) is 4.68. The summed E-state index contributed by atoms with van der Waals surface area (Å²) in [5, 5.41) is 1.87. The molecule has 0 N–H and O–H groups in total. The summed E-state index contributed by atoms with van der Waals surface area (Å²) >= 11 is 0. The first-order valence-corrected chi connectivity index (χ1v) is 10.8. The number of hydrogen-bond donors (Lipinski definition) is 0. The zero-order valence-corrected chi connectivity index (χ0v) is 19.7. The Hall–Kier alpha value is -3.32. The maximum absolute atomic E-state index is 6.68. The summed E-state index contributed by atoms with van der Waals surface area (Å²) in [6, 6.07) is 11.5. The standard InChI is InChI=1S/C26H28O7/c1-25(23-11-15-9-19(27-3)21(29-5)13-17(15)31-23)7-8-26(2,33-25)24-12-16-10-20(28-4)22(30-6)14-18(16)32-24/h9-14H,7-8H2,1-6H3/t25-,26-/m1/s1. The van der Waals surface area contributed by atoms with Gasteiger partial charge in [-0.2, -0.15) is 0 Å². The molecule has 0 spiro atoms. The minimum Gasteiger partial charge on any atom is -0.493 e. The van der Waals surface area contributed by atoms with E-state index in [4.69, 9.17) is 32.5 Å². The van der Waals surface area contributed by atoms with Crippen LogP contribution in [0.15, 0.2) is 45.2 Å². The molecule has 0 unspecified atom stereocenters. The minimum absolute atomic E-state index is 0.609. The van der Waals surface area contributed by atoms with Crippen LogP contribution in [0.2, 0.25) is 0 Å². The van der Waals surface area contributed by atoms with E-state index >= 15 is 0 Å². The van der Waals surface area contributed by atoms with Crippen molar-refractivity contribution in [1.29, 1.82) is 0 Å². The molecule has 7 heteroatoms. The highest BCUT2D eigenvalue weighted by atomic mass is 16.6. The van der Waals surface area contributed by atoms with Gasteiger partial charge in [-0.3, -0.25) is 0 Å². The highest BCUT2D eigenvalue weighted by Gasteiger charge is 2.49. The van der Waals surface area contributed by atoms with Crippen LogP contribution in [0.5, 0.6) is 23.0 Å². The number of benzene rings is 2.